The maximum absolute atomic E-state index is 6.33. The van der Waals surface area contributed by atoms with Crippen molar-refractivity contribution in [3.63, 3.8) is 0 Å². The van der Waals surface area contributed by atoms with Crippen molar-refractivity contribution in [1.29, 1.82) is 0 Å². The molecule has 1 aliphatic heterocycles. The number of pyridine rings is 2. The fourth-order valence-corrected chi connectivity index (χ4v) is 4.54. The van der Waals surface area contributed by atoms with Crippen LogP contribution in [0, 0.1) is 0 Å². The molecule has 184 valence electrons. The summed E-state index contributed by atoms with van der Waals surface area (Å²) < 4.78 is 9.02. The molecule has 4 aromatic rings. The van der Waals surface area contributed by atoms with Crippen molar-refractivity contribution in [2.45, 2.75) is 45.3 Å². The van der Waals surface area contributed by atoms with E-state index in [4.69, 9.17) is 20.4 Å². The molecule has 3 N–H and O–H groups in total. The molecule has 1 atom stereocenters. The molecule has 5 rings (SSSR count). The lowest BCUT2D eigenvalue weighted by atomic mass is 10.0. The van der Waals surface area contributed by atoms with Gasteiger partial charge in [-0.15, -0.1) is 0 Å². The molecule has 0 unspecified atom stereocenters. The molecule has 35 heavy (non-hydrogen) atoms. The zero-order chi connectivity index (χ0) is 24.4. The number of hydrogen-bond donors (Lipinski definition) is 2. The average Bonchev–Trinajstić information content (AvgIpc) is 3.50. The third-order valence-electron chi connectivity index (χ3n) is 6.34. The summed E-state index contributed by atoms with van der Waals surface area (Å²) in [4.78, 5) is 11.9. The van der Waals surface area contributed by atoms with E-state index >= 15 is 0 Å². The first-order valence-electron chi connectivity index (χ1n) is 12.2. The predicted octanol–water partition coefficient (Wildman–Crippen LogP) is 3.59. The number of ether oxygens (including phenoxy) is 1. The van der Waals surface area contributed by atoms with Gasteiger partial charge in [0.2, 0.25) is 0 Å². The quantitative estimate of drug-likeness (QED) is 0.398. The molecule has 0 radical (unpaired) electrons. The zero-order valence-electron chi connectivity index (χ0n) is 20.6. The number of rotatable bonds is 8. The van der Waals surface area contributed by atoms with Crippen LogP contribution in [-0.4, -0.2) is 62.4 Å². The van der Waals surface area contributed by atoms with E-state index in [2.05, 4.69) is 40.3 Å². The lowest BCUT2D eigenvalue weighted by Crippen LogP contribution is -2.43. The minimum Gasteiger partial charge on any atom is -0.383 e. The molecule has 0 bridgehead atoms. The summed E-state index contributed by atoms with van der Waals surface area (Å²) in [5.41, 5.74) is 10.3. The van der Waals surface area contributed by atoms with Gasteiger partial charge in [0.1, 0.15) is 11.6 Å². The van der Waals surface area contributed by atoms with Crippen molar-refractivity contribution in [2.75, 3.05) is 37.0 Å². The Balaban J connectivity index is 1.48. The first kappa shape index (κ1) is 23.3. The number of aromatic nitrogens is 6. The standard InChI is InChI=1S/C25H33N9O/c1-17(2)34-25-18(12-29-34)6-7-23(31-25)30-24-11-22(32-8-4-5-20(26)16-32)21(14-27-24)19-13-28-33(15-19)9-10-35-3/h6-7,11-15,17,20H,4-5,8-10,16,26H2,1-3H3,(H,27,30,31)/t20-/m0/s1. The molecule has 0 spiro atoms. The van der Waals surface area contributed by atoms with Crippen LogP contribution in [-0.2, 0) is 11.3 Å². The highest BCUT2D eigenvalue weighted by atomic mass is 16.5. The van der Waals surface area contributed by atoms with Crippen LogP contribution < -0.4 is 16.0 Å². The van der Waals surface area contributed by atoms with Crippen molar-refractivity contribution in [3.8, 4) is 11.1 Å². The second kappa shape index (κ2) is 10.0. The molecule has 0 aliphatic carbocycles. The van der Waals surface area contributed by atoms with Crippen LogP contribution >= 0.6 is 0 Å². The number of nitrogens with zero attached hydrogens (tertiary/aromatic N) is 7. The monoisotopic (exact) mass is 475 g/mol. The Morgan fingerprint density at radius 3 is 2.86 bits per heavy atom. The van der Waals surface area contributed by atoms with Crippen LogP contribution in [0.1, 0.15) is 32.7 Å². The average molecular weight is 476 g/mol. The van der Waals surface area contributed by atoms with Gasteiger partial charge in [-0.1, -0.05) is 0 Å². The fourth-order valence-electron chi connectivity index (χ4n) is 4.54. The summed E-state index contributed by atoms with van der Waals surface area (Å²) in [6, 6.07) is 6.47. The SMILES string of the molecule is COCCn1cc(-c2cnc(Nc3ccc4cnn(C(C)C)c4n3)cc2N2CCC[C@H](N)C2)cn1. The third-order valence-corrected chi connectivity index (χ3v) is 6.34. The second-order valence-corrected chi connectivity index (χ2v) is 9.34. The highest BCUT2D eigenvalue weighted by molar-refractivity contribution is 5.81. The van der Waals surface area contributed by atoms with E-state index in [0.29, 0.717) is 13.2 Å². The second-order valence-electron chi connectivity index (χ2n) is 9.34. The number of hydrogen-bond acceptors (Lipinski definition) is 8. The van der Waals surface area contributed by atoms with E-state index in [1.54, 1.807) is 7.11 Å². The summed E-state index contributed by atoms with van der Waals surface area (Å²) >= 11 is 0. The van der Waals surface area contributed by atoms with Crippen LogP contribution in [0.3, 0.4) is 0 Å². The number of nitrogens with one attached hydrogen (secondary N) is 1. The summed E-state index contributed by atoms with van der Waals surface area (Å²) in [6.45, 7) is 7.28. The summed E-state index contributed by atoms with van der Waals surface area (Å²) in [5.74, 6) is 1.46. The van der Waals surface area contributed by atoms with Crippen molar-refractivity contribution >= 4 is 28.4 Å². The van der Waals surface area contributed by atoms with Gasteiger partial charge >= 0.3 is 0 Å². The largest absolute Gasteiger partial charge is 0.383 e. The molecule has 10 heteroatoms. The summed E-state index contributed by atoms with van der Waals surface area (Å²) in [5, 5.41) is 13.4. The normalized spacial score (nSPS) is 16.4. The molecule has 0 saturated carbocycles. The summed E-state index contributed by atoms with van der Waals surface area (Å²) in [6.07, 6.45) is 9.80. The van der Waals surface area contributed by atoms with E-state index in [1.165, 1.54) is 0 Å². The number of methoxy groups -OCH3 is 1. The zero-order valence-corrected chi connectivity index (χ0v) is 20.6. The Labute approximate surface area is 205 Å². The summed E-state index contributed by atoms with van der Waals surface area (Å²) in [7, 11) is 1.70. The van der Waals surface area contributed by atoms with Gasteiger partial charge in [0.15, 0.2) is 5.65 Å². The molecule has 10 nitrogen and oxygen atoms in total. The molecule has 1 saturated heterocycles. The van der Waals surface area contributed by atoms with Gasteiger partial charge in [-0.05, 0) is 38.8 Å². The number of nitrogens with two attached hydrogens (primary N) is 1. The van der Waals surface area contributed by atoms with Crippen molar-refractivity contribution < 1.29 is 4.74 Å². The van der Waals surface area contributed by atoms with Crippen LogP contribution in [0.4, 0.5) is 17.3 Å². The smallest absolute Gasteiger partial charge is 0.160 e. The van der Waals surface area contributed by atoms with Gasteiger partial charge in [0.25, 0.3) is 0 Å². The lowest BCUT2D eigenvalue weighted by molar-refractivity contribution is 0.183. The molecular formula is C25H33N9O. The Bertz CT molecular complexity index is 1300. The van der Waals surface area contributed by atoms with Gasteiger partial charge in [-0.3, -0.25) is 4.68 Å². The van der Waals surface area contributed by atoms with E-state index in [1.807, 2.05) is 46.3 Å². The van der Waals surface area contributed by atoms with Crippen LogP contribution in [0.5, 0.6) is 0 Å². The molecule has 1 aliphatic rings. The van der Waals surface area contributed by atoms with E-state index in [0.717, 1.165) is 65.4 Å². The Morgan fingerprint density at radius 1 is 1.17 bits per heavy atom. The van der Waals surface area contributed by atoms with Crippen LogP contribution in [0.25, 0.3) is 22.2 Å². The van der Waals surface area contributed by atoms with Crippen molar-refractivity contribution in [2.24, 2.45) is 5.73 Å². The first-order chi connectivity index (χ1) is 17.0. The maximum atomic E-state index is 6.33. The van der Waals surface area contributed by atoms with E-state index < -0.39 is 0 Å². The highest BCUT2D eigenvalue weighted by Gasteiger charge is 2.21. The first-order valence-corrected chi connectivity index (χ1v) is 12.2. The topological polar surface area (TPSA) is 112 Å². The van der Waals surface area contributed by atoms with Gasteiger partial charge in [0.05, 0.1) is 25.5 Å². The lowest BCUT2D eigenvalue weighted by Gasteiger charge is -2.34. The Morgan fingerprint density at radius 2 is 2.06 bits per heavy atom. The highest BCUT2D eigenvalue weighted by Crippen LogP contribution is 2.34. The fraction of sp³-hybridized carbons (Fsp3) is 0.440. The minimum atomic E-state index is 0.158. The number of piperidine rings is 1. The van der Waals surface area contributed by atoms with Crippen molar-refractivity contribution in [3.05, 3.63) is 43.0 Å². The minimum absolute atomic E-state index is 0.158. The molecule has 5 heterocycles. The molecule has 0 aromatic carbocycles. The van der Waals surface area contributed by atoms with Gasteiger partial charge in [0, 0.05) is 72.9 Å². The van der Waals surface area contributed by atoms with Gasteiger partial charge < -0.3 is 20.7 Å². The van der Waals surface area contributed by atoms with Gasteiger partial charge in [-0.25, -0.2) is 14.6 Å². The molecule has 4 aromatic heterocycles. The number of fused-ring (bicyclic) bond motifs is 1. The Hall–Kier alpha value is -3.50. The van der Waals surface area contributed by atoms with Crippen LogP contribution in [0.2, 0.25) is 0 Å². The van der Waals surface area contributed by atoms with Crippen LogP contribution in [0.15, 0.2) is 43.0 Å². The third kappa shape index (κ3) is 4.98. The maximum Gasteiger partial charge on any atom is 0.160 e. The van der Waals surface area contributed by atoms with Gasteiger partial charge in [-0.2, -0.15) is 10.2 Å². The molecule has 0 amide bonds. The van der Waals surface area contributed by atoms with E-state index in [9.17, 15) is 0 Å². The Kier molecular flexibility index (Phi) is 6.65. The van der Waals surface area contributed by atoms with E-state index in [-0.39, 0.29) is 12.1 Å². The van der Waals surface area contributed by atoms with Crippen molar-refractivity contribution in [1.82, 2.24) is 29.5 Å². The molecule has 1 fully saturated rings. The molecular weight excluding hydrogens is 442 g/mol. The number of anilines is 3. The predicted molar refractivity (Wildman–Crippen MR) is 138 cm³/mol.